The average molecular weight is 321 g/mol. The van der Waals surface area contributed by atoms with Crippen molar-refractivity contribution in [2.75, 3.05) is 39.4 Å². The van der Waals surface area contributed by atoms with E-state index < -0.39 is 0 Å². The van der Waals surface area contributed by atoms with Crippen LogP contribution in [0.15, 0.2) is 10.9 Å². The molecule has 0 saturated carbocycles. The van der Waals surface area contributed by atoms with Crippen LogP contribution in [0, 0.1) is 5.41 Å². The van der Waals surface area contributed by atoms with Gasteiger partial charge in [0.1, 0.15) is 5.69 Å². The Morgan fingerprint density at radius 2 is 2.32 bits per heavy atom. The fourth-order valence-corrected chi connectivity index (χ4v) is 4.81. The number of carbonyl (C=O) groups is 1. The van der Waals surface area contributed by atoms with Gasteiger partial charge in [-0.25, -0.2) is 4.98 Å². The number of ether oxygens (including phenoxy) is 1. The van der Waals surface area contributed by atoms with Crippen LogP contribution in [0.2, 0.25) is 0 Å². The maximum Gasteiger partial charge on any atom is 0.273 e. The highest BCUT2D eigenvalue weighted by Crippen LogP contribution is 2.40. The summed E-state index contributed by atoms with van der Waals surface area (Å²) >= 11 is 1.49. The summed E-state index contributed by atoms with van der Waals surface area (Å²) in [6.45, 7) is 5.85. The molecule has 1 amide bonds. The first-order valence-corrected chi connectivity index (χ1v) is 9.19. The number of nitrogens with zero attached hydrogens (tertiary/aromatic N) is 3. The van der Waals surface area contributed by atoms with Crippen LogP contribution >= 0.6 is 11.3 Å². The quantitative estimate of drug-likeness (QED) is 0.834. The predicted molar refractivity (Wildman–Crippen MR) is 85.1 cm³/mol. The largest absolute Gasteiger partial charge is 0.380 e. The Morgan fingerprint density at radius 1 is 1.36 bits per heavy atom. The molecule has 4 rings (SSSR count). The molecule has 3 aliphatic rings. The normalized spacial score (nSPS) is 32.9. The van der Waals surface area contributed by atoms with Crippen molar-refractivity contribution < 1.29 is 9.53 Å². The number of carbonyl (C=O) groups excluding carboxylic acids is 1. The Hall–Kier alpha value is -0.980. The molecule has 3 saturated heterocycles. The molecule has 3 fully saturated rings. The van der Waals surface area contributed by atoms with Crippen molar-refractivity contribution in [3.8, 4) is 0 Å². The number of hydrogen-bond donors (Lipinski definition) is 0. The van der Waals surface area contributed by atoms with Crippen molar-refractivity contribution in [3.63, 3.8) is 0 Å². The monoisotopic (exact) mass is 321 g/mol. The summed E-state index contributed by atoms with van der Waals surface area (Å²) in [6.07, 6.45) is 4.74. The zero-order chi connectivity index (χ0) is 15.0. The van der Waals surface area contributed by atoms with E-state index in [1.54, 1.807) is 5.51 Å². The fraction of sp³-hybridized carbons (Fsp3) is 0.750. The van der Waals surface area contributed by atoms with Crippen LogP contribution in [0.5, 0.6) is 0 Å². The summed E-state index contributed by atoms with van der Waals surface area (Å²) in [4.78, 5) is 21.4. The average Bonchev–Trinajstić information content (AvgIpc) is 3.28. The molecule has 4 heterocycles. The van der Waals surface area contributed by atoms with Crippen LogP contribution in [0.3, 0.4) is 0 Å². The number of aromatic nitrogens is 1. The van der Waals surface area contributed by atoms with Crippen LogP contribution < -0.4 is 0 Å². The van der Waals surface area contributed by atoms with Gasteiger partial charge in [0.15, 0.2) is 0 Å². The number of amides is 1. The Bertz CT molecular complexity index is 530. The molecule has 1 aromatic heterocycles. The lowest BCUT2D eigenvalue weighted by Crippen LogP contribution is -2.48. The minimum atomic E-state index is 0.114. The van der Waals surface area contributed by atoms with Crippen molar-refractivity contribution in [1.29, 1.82) is 0 Å². The van der Waals surface area contributed by atoms with Crippen molar-refractivity contribution in [1.82, 2.24) is 14.8 Å². The third-order valence-electron chi connectivity index (χ3n) is 5.49. The molecule has 2 atom stereocenters. The lowest BCUT2D eigenvalue weighted by Gasteiger charge is -2.40. The first-order chi connectivity index (χ1) is 10.8. The van der Waals surface area contributed by atoms with Gasteiger partial charge in [0.25, 0.3) is 5.91 Å². The molecule has 120 valence electrons. The SMILES string of the molecule is O=C(c1cscn1)N1CCC[C@@]2(CCN([C@@H]3CCOC3)C2)C1. The van der Waals surface area contributed by atoms with E-state index in [2.05, 4.69) is 9.88 Å². The predicted octanol–water partition coefficient (Wildman–Crippen LogP) is 1.86. The van der Waals surface area contributed by atoms with Crippen molar-refractivity contribution in [2.45, 2.75) is 31.7 Å². The number of thiazole rings is 1. The Balaban J connectivity index is 1.43. The van der Waals surface area contributed by atoms with E-state index >= 15 is 0 Å². The van der Waals surface area contributed by atoms with Gasteiger partial charge in [0.2, 0.25) is 0 Å². The molecule has 0 aromatic carbocycles. The van der Waals surface area contributed by atoms with E-state index in [-0.39, 0.29) is 5.91 Å². The molecule has 1 spiro atoms. The Morgan fingerprint density at radius 3 is 3.09 bits per heavy atom. The maximum atomic E-state index is 12.6. The molecule has 0 radical (unpaired) electrons. The van der Waals surface area contributed by atoms with Crippen LogP contribution in [0.1, 0.15) is 36.2 Å². The van der Waals surface area contributed by atoms with Gasteiger partial charge >= 0.3 is 0 Å². The van der Waals surface area contributed by atoms with Gasteiger partial charge in [-0.05, 0) is 32.2 Å². The summed E-state index contributed by atoms with van der Waals surface area (Å²) in [5, 5.41) is 1.86. The van der Waals surface area contributed by atoms with Crippen LogP contribution in [-0.4, -0.2) is 66.1 Å². The molecule has 0 bridgehead atoms. The molecule has 0 aliphatic carbocycles. The fourth-order valence-electron chi connectivity index (χ4n) is 4.29. The highest BCUT2D eigenvalue weighted by molar-refractivity contribution is 7.07. The van der Waals surface area contributed by atoms with Gasteiger partial charge in [-0.2, -0.15) is 0 Å². The van der Waals surface area contributed by atoms with Gasteiger partial charge in [-0.3, -0.25) is 9.69 Å². The number of hydrogen-bond acceptors (Lipinski definition) is 5. The lowest BCUT2D eigenvalue weighted by atomic mass is 9.79. The Kier molecular flexibility index (Phi) is 3.92. The van der Waals surface area contributed by atoms with E-state index in [4.69, 9.17) is 4.74 Å². The first-order valence-electron chi connectivity index (χ1n) is 8.25. The smallest absolute Gasteiger partial charge is 0.273 e. The summed E-state index contributed by atoms with van der Waals surface area (Å²) in [5.41, 5.74) is 2.65. The summed E-state index contributed by atoms with van der Waals surface area (Å²) < 4.78 is 5.54. The van der Waals surface area contributed by atoms with E-state index in [0.717, 1.165) is 52.2 Å². The standard InChI is InChI=1S/C16H23N3O2S/c20-15(14-9-22-12-17-14)19-5-1-3-16(11-19)4-6-18(10-16)13-2-7-21-8-13/h9,12-13H,1-8,10-11H2/t13-,16+/m1/s1. The topological polar surface area (TPSA) is 45.7 Å². The molecule has 0 unspecified atom stereocenters. The molecular weight excluding hydrogens is 298 g/mol. The highest BCUT2D eigenvalue weighted by Gasteiger charge is 2.44. The van der Waals surface area contributed by atoms with Crippen molar-refractivity contribution in [3.05, 3.63) is 16.6 Å². The molecule has 3 aliphatic heterocycles. The first kappa shape index (κ1) is 14.6. The second-order valence-electron chi connectivity index (χ2n) is 6.94. The summed E-state index contributed by atoms with van der Waals surface area (Å²) in [5.74, 6) is 0.114. The number of piperidine rings is 1. The maximum absolute atomic E-state index is 12.6. The number of rotatable bonds is 2. The van der Waals surface area contributed by atoms with Gasteiger partial charge in [-0.15, -0.1) is 11.3 Å². The molecule has 6 heteroatoms. The second-order valence-corrected chi connectivity index (χ2v) is 7.66. The molecule has 22 heavy (non-hydrogen) atoms. The van der Waals surface area contributed by atoms with E-state index in [1.165, 1.54) is 24.2 Å². The van der Waals surface area contributed by atoms with Crippen molar-refractivity contribution >= 4 is 17.2 Å². The van der Waals surface area contributed by atoms with E-state index in [1.807, 2.05) is 10.3 Å². The molecule has 0 N–H and O–H groups in total. The van der Waals surface area contributed by atoms with E-state index in [9.17, 15) is 4.79 Å². The van der Waals surface area contributed by atoms with Crippen LogP contribution in [0.25, 0.3) is 0 Å². The minimum absolute atomic E-state index is 0.114. The zero-order valence-electron chi connectivity index (χ0n) is 12.9. The summed E-state index contributed by atoms with van der Waals surface area (Å²) in [7, 11) is 0. The van der Waals surface area contributed by atoms with E-state index in [0.29, 0.717) is 17.2 Å². The van der Waals surface area contributed by atoms with Crippen molar-refractivity contribution in [2.24, 2.45) is 5.41 Å². The molecule has 1 aromatic rings. The third kappa shape index (κ3) is 2.68. The van der Waals surface area contributed by atoms with Gasteiger partial charge in [0, 0.05) is 43.1 Å². The minimum Gasteiger partial charge on any atom is -0.380 e. The molecular formula is C16H23N3O2S. The third-order valence-corrected chi connectivity index (χ3v) is 6.08. The van der Waals surface area contributed by atoms with Gasteiger partial charge in [-0.1, -0.05) is 0 Å². The second kappa shape index (κ2) is 5.91. The lowest BCUT2D eigenvalue weighted by molar-refractivity contribution is 0.0506. The zero-order valence-corrected chi connectivity index (χ0v) is 13.7. The van der Waals surface area contributed by atoms with Gasteiger partial charge in [0.05, 0.1) is 12.1 Å². The van der Waals surface area contributed by atoms with Crippen LogP contribution in [-0.2, 0) is 4.74 Å². The summed E-state index contributed by atoms with van der Waals surface area (Å²) in [6, 6.07) is 0.601. The molecule has 5 nitrogen and oxygen atoms in total. The number of likely N-dealkylation sites (tertiary alicyclic amines) is 2. The van der Waals surface area contributed by atoms with Crippen LogP contribution in [0.4, 0.5) is 0 Å². The van der Waals surface area contributed by atoms with Gasteiger partial charge < -0.3 is 9.64 Å². The highest BCUT2D eigenvalue weighted by atomic mass is 32.1. The Labute approximate surface area is 135 Å².